The van der Waals surface area contributed by atoms with Gasteiger partial charge in [-0.15, -0.1) is 6.58 Å². The van der Waals surface area contributed by atoms with Gasteiger partial charge in [0.25, 0.3) is 0 Å². The van der Waals surface area contributed by atoms with Crippen molar-refractivity contribution >= 4 is 5.91 Å². The molecule has 1 aliphatic heterocycles. The van der Waals surface area contributed by atoms with Crippen molar-refractivity contribution in [3.8, 4) is 0 Å². The lowest BCUT2D eigenvalue weighted by molar-refractivity contribution is -0.132. The minimum Gasteiger partial charge on any atom is -0.380 e. The Bertz CT molecular complexity index is 231. The van der Waals surface area contributed by atoms with Crippen LogP contribution in [0.3, 0.4) is 0 Å². The summed E-state index contributed by atoms with van der Waals surface area (Å²) in [7, 11) is 1.68. The summed E-state index contributed by atoms with van der Waals surface area (Å²) < 4.78 is 5.21. The number of methoxy groups -OCH3 is 1. The summed E-state index contributed by atoms with van der Waals surface area (Å²) in [4.78, 5) is 13.8. The van der Waals surface area contributed by atoms with E-state index in [1.807, 2.05) is 6.92 Å². The molecule has 0 aliphatic carbocycles. The maximum atomic E-state index is 12.0. The molecule has 1 N–H and O–H groups in total. The molecule has 1 saturated heterocycles. The molecule has 15 heavy (non-hydrogen) atoms. The minimum atomic E-state index is -0.0881. The Morgan fingerprint density at radius 2 is 2.47 bits per heavy atom. The molecule has 2 unspecified atom stereocenters. The summed E-state index contributed by atoms with van der Waals surface area (Å²) in [5.74, 6) is 0.150. The predicted molar refractivity (Wildman–Crippen MR) is 59.7 cm³/mol. The fourth-order valence-electron chi connectivity index (χ4n) is 1.82. The van der Waals surface area contributed by atoms with Crippen LogP contribution in [0.1, 0.15) is 13.3 Å². The van der Waals surface area contributed by atoms with Gasteiger partial charge < -0.3 is 15.0 Å². The van der Waals surface area contributed by atoms with E-state index >= 15 is 0 Å². The topological polar surface area (TPSA) is 41.6 Å². The molecule has 1 heterocycles. The standard InChI is InChI=1S/C11H20N2O2/c1-4-6-13(5-2)11(14)10-7-9(15-3)8-12-10/h4,9-10,12H,1,5-8H2,2-3H3. The maximum absolute atomic E-state index is 12.0. The molecule has 1 aliphatic rings. The van der Waals surface area contributed by atoms with Gasteiger partial charge in [-0.25, -0.2) is 0 Å². The van der Waals surface area contributed by atoms with E-state index in [0.29, 0.717) is 6.54 Å². The maximum Gasteiger partial charge on any atom is 0.240 e. The second kappa shape index (κ2) is 5.88. The number of hydrogen-bond donors (Lipinski definition) is 1. The van der Waals surface area contributed by atoms with Crippen LogP contribution in [-0.2, 0) is 9.53 Å². The number of carbonyl (C=O) groups excluding carboxylic acids is 1. The van der Waals surface area contributed by atoms with Gasteiger partial charge in [-0.05, 0) is 13.3 Å². The highest BCUT2D eigenvalue weighted by atomic mass is 16.5. The van der Waals surface area contributed by atoms with E-state index in [9.17, 15) is 4.79 Å². The van der Waals surface area contributed by atoms with Crippen LogP contribution in [-0.4, -0.2) is 49.7 Å². The SMILES string of the molecule is C=CCN(CC)C(=O)C1CC(OC)CN1. The van der Waals surface area contributed by atoms with Crippen LogP contribution < -0.4 is 5.32 Å². The Morgan fingerprint density at radius 3 is 2.93 bits per heavy atom. The van der Waals surface area contributed by atoms with Crippen molar-refractivity contribution in [1.82, 2.24) is 10.2 Å². The number of rotatable bonds is 5. The van der Waals surface area contributed by atoms with Gasteiger partial charge in [-0.2, -0.15) is 0 Å². The zero-order chi connectivity index (χ0) is 11.3. The summed E-state index contributed by atoms with van der Waals surface area (Å²) in [6.07, 6.45) is 2.69. The predicted octanol–water partition coefficient (Wildman–Crippen LogP) is 0.398. The smallest absolute Gasteiger partial charge is 0.240 e. The molecule has 0 spiro atoms. The van der Waals surface area contributed by atoms with Crippen molar-refractivity contribution in [2.24, 2.45) is 0 Å². The zero-order valence-electron chi connectivity index (χ0n) is 9.53. The Hall–Kier alpha value is -0.870. The van der Waals surface area contributed by atoms with Crippen LogP contribution in [0.5, 0.6) is 0 Å². The van der Waals surface area contributed by atoms with Crippen molar-refractivity contribution in [1.29, 1.82) is 0 Å². The van der Waals surface area contributed by atoms with Gasteiger partial charge in [0.1, 0.15) is 0 Å². The van der Waals surface area contributed by atoms with Crippen molar-refractivity contribution in [2.45, 2.75) is 25.5 Å². The van der Waals surface area contributed by atoms with Crippen LogP contribution in [0.15, 0.2) is 12.7 Å². The Kier molecular flexibility index (Phi) is 4.78. The first-order valence-electron chi connectivity index (χ1n) is 5.38. The van der Waals surface area contributed by atoms with Crippen LogP contribution in [0.2, 0.25) is 0 Å². The number of carbonyl (C=O) groups is 1. The molecular formula is C11H20N2O2. The Morgan fingerprint density at radius 1 is 1.73 bits per heavy atom. The highest BCUT2D eigenvalue weighted by Crippen LogP contribution is 2.12. The number of nitrogens with one attached hydrogen (secondary N) is 1. The molecule has 1 fully saturated rings. The second-order valence-electron chi connectivity index (χ2n) is 3.72. The first-order valence-corrected chi connectivity index (χ1v) is 5.38. The average Bonchev–Trinajstić information content (AvgIpc) is 2.73. The Labute approximate surface area is 91.3 Å². The summed E-state index contributed by atoms with van der Waals surface area (Å²) >= 11 is 0. The fraction of sp³-hybridized carbons (Fsp3) is 0.727. The third-order valence-electron chi connectivity index (χ3n) is 2.76. The molecule has 86 valence electrons. The van der Waals surface area contributed by atoms with E-state index < -0.39 is 0 Å². The highest BCUT2D eigenvalue weighted by molar-refractivity contribution is 5.82. The largest absolute Gasteiger partial charge is 0.380 e. The summed E-state index contributed by atoms with van der Waals surface area (Å²) in [5.41, 5.74) is 0. The third kappa shape index (κ3) is 3.04. The fourth-order valence-corrected chi connectivity index (χ4v) is 1.82. The third-order valence-corrected chi connectivity index (χ3v) is 2.76. The molecule has 0 aromatic heterocycles. The average molecular weight is 212 g/mol. The van der Waals surface area contributed by atoms with Crippen molar-refractivity contribution < 1.29 is 9.53 Å². The van der Waals surface area contributed by atoms with E-state index in [-0.39, 0.29) is 18.1 Å². The van der Waals surface area contributed by atoms with Crippen LogP contribution in [0.4, 0.5) is 0 Å². The van der Waals surface area contributed by atoms with Crippen LogP contribution >= 0.6 is 0 Å². The highest BCUT2D eigenvalue weighted by Gasteiger charge is 2.31. The lowest BCUT2D eigenvalue weighted by Crippen LogP contribution is -2.43. The van der Waals surface area contributed by atoms with Crippen molar-refractivity contribution in [2.75, 3.05) is 26.7 Å². The molecular weight excluding hydrogens is 192 g/mol. The number of hydrogen-bond acceptors (Lipinski definition) is 3. The van der Waals surface area contributed by atoms with E-state index in [4.69, 9.17) is 4.74 Å². The van der Waals surface area contributed by atoms with Gasteiger partial charge in [-0.1, -0.05) is 6.08 Å². The summed E-state index contributed by atoms with van der Waals surface area (Å²) in [6, 6.07) is -0.0881. The summed E-state index contributed by atoms with van der Waals surface area (Å²) in [5, 5.41) is 3.18. The second-order valence-corrected chi connectivity index (χ2v) is 3.72. The number of ether oxygens (including phenoxy) is 1. The van der Waals surface area contributed by atoms with E-state index in [1.54, 1.807) is 18.1 Å². The van der Waals surface area contributed by atoms with Gasteiger partial charge in [0, 0.05) is 26.7 Å². The zero-order valence-corrected chi connectivity index (χ0v) is 9.53. The number of nitrogens with zero attached hydrogens (tertiary/aromatic N) is 1. The number of amides is 1. The van der Waals surface area contributed by atoms with Gasteiger partial charge in [-0.3, -0.25) is 4.79 Å². The molecule has 0 aromatic rings. The molecule has 0 aromatic carbocycles. The van der Waals surface area contributed by atoms with Crippen LogP contribution in [0.25, 0.3) is 0 Å². The molecule has 1 rings (SSSR count). The first-order chi connectivity index (χ1) is 7.22. The molecule has 0 radical (unpaired) electrons. The Balaban J connectivity index is 2.48. The van der Waals surface area contributed by atoms with Gasteiger partial charge in [0.2, 0.25) is 5.91 Å². The molecule has 4 heteroatoms. The normalized spacial score (nSPS) is 25.2. The van der Waals surface area contributed by atoms with E-state index in [2.05, 4.69) is 11.9 Å². The van der Waals surface area contributed by atoms with E-state index in [1.165, 1.54) is 0 Å². The molecule has 0 bridgehead atoms. The quantitative estimate of drug-likeness (QED) is 0.671. The molecule has 4 nitrogen and oxygen atoms in total. The molecule has 0 saturated carbocycles. The van der Waals surface area contributed by atoms with Gasteiger partial charge in [0.05, 0.1) is 12.1 Å². The molecule has 1 amide bonds. The van der Waals surface area contributed by atoms with Crippen LogP contribution in [0, 0.1) is 0 Å². The minimum absolute atomic E-state index is 0.0881. The lowest BCUT2D eigenvalue weighted by Gasteiger charge is -2.22. The monoisotopic (exact) mass is 212 g/mol. The van der Waals surface area contributed by atoms with Crippen molar-refractivity contribution in [3.05, 3.63) is 12.7 Å². The number of likely N-dealkylation sites (N-methyl/N-ethyl adjacent to an activating group) is 1. The van der Waals surface area contributed by atoms with Gasteiger partial charge >= 0.3 is 0 Å². The first kappa shape index (κ1) is 12.2. The summed E-state index contributed by atoms with van der Waals surface area (Å²) in [6.45, 7) is 7.73. The van der Waals surface area contributed by atoms with Crippen molar-refractivity contribution in [3.63, 3.8) is 0 Å². The lowest BCUT2D eigenvalue weighted by atomic mass is 10.2. The van der Waals surface area contributed by atoms with E-state index in [0.717, 1.165) is 19.5 Å². The van der Waals surface area contributed by atoms with Gasteiger partial charge in [0.15, 0.2) is 0 Å². The molecule has 2 atom stereocenters.